The summed E-state index contributed by atoms with van der Waals surface area (Å²) in [4.78, 5) is 28.3. The number of aromatic nitrogens is 5. The van der Waals surface area contributed by atoms with Crippen molar-refractivity contribution in [3.05, 3.63) is 46.0 Å². The number of primary amides is 1. The maximum atomic E-state index is 13.7. The van der Waals surface area contributed by atoms with Crippen molar-refractivity contribution in [1.29, 1.82) is 0 Å². The zero-order valence-corrected chi connectivity index (χ0v) is 20.5. The molecule has 3 N–H and O–H groups in total. The maximum Gasteiger partial charge on any atom is 0.433 e. The number of rotatable bonds is 7. The molecule has 0 saturated heterocycles. The first kappa shape index (κ1) is 26.2. The summed E-state index contributed by atoms with van der Waals surface area (Å²) in [7, 11) is 0. The highest BCUT2D eigenvalue weighted by Gasteiger charge is 2.35. The highest BCUT2D eigenvalue weighted by Crippen LogP contribution is 2.44. The van der Waals surface area contributed by atoms with Crippen LogP contribution in [0.2, 0.25) is 0 Å². The van der Waals surface area contributed by atoms with E-state index in [1.807, 2.05) is 0 Å². The van der Waals surface area contributed by atoms with Crippen LogP contribution in [0.1, 0.15) is 45.8 Å². The van der Waals surface area contributed by atoms with Crippen molar-refractivity contribution in [2.24, 2.45) is 5.73 Å². The fraction of sp³-hybridized carbons (Fsp3) is 0.318. The molecule has 2 amide bonds. The van der Waals surface area contributed by atoms with Crippen molar-refractivity contribution in [3.8, 4) is 11.1 Å². The molecular formula is C22H20F5N7O2S. The molecule has 0 fully saturated rings. The second-order valence-electron chi connectivity index (χ2n) is 8.08. The fourth-order valence-corrected chi connectivity index (χ4v) is 4.97. The van der Waals surface area contributed by atoms with Gasteiger partial charge in [-0.3, -0.25) is 19.0 Å². The minimum atomic E-state index is -4.80. The van der Waals surface area contributed by atoms with E-state index >= 15 is 0 Å². The number of nitrogens with zero attached hydrogens (tertiary/aromatic N) is 5. The third-order valence-corrected chi connectivity index (χ3v) is 6.68. The summed E-state index contributed by atoms with van der Waals surface area (Å²) in [5, 5.41) is 10.6. The van der Waals surface area contributed by atoms with Crippen LogP contribution in [-0.4, -0.2) is 36.4 Å². The Morgan fingerprint density at radius 3 is 2.43 bits per heavy atom. The summed E-state index contributed by atoms with van der Waals surface area (Å²) in [6.07, 6.45) is -6.32. The van der Waals surface area contributed by atoms with Crippen LogP contribution in [0.3, 0.4) is 0 Å². The monoisotopic (exact) mass is 541 g/mol. The van der Waals surface area contributed by atoms with Gasteiger partial charge in [0.15, 0.2) is 0 Å². The summed E-state index contributed by atoms with van der Waals surface area (Å²) < 4.78 is 70.1. The Morgan fingerprint density at radius 2 is 1.86 bits per heavy atom. The van der Waals surface area contributed by atoms with Crippen LogP contribution >= 0.6 is 11.3 Å². The predicted molar refractivity (Wildman–Crippen MR) is 125 cm³/mol. The molecule has 4 aromatic heterocycles. The zero-order chi connectivity index (χ0) is 27.2. The Morgan fingerprint density at radius 1 is 1.16 bits per heavy atom. The summed E-state index contributed by atoms with van der Waals surface area (Å²) in [6.45, 7) is 4.75. The number of anilines is 1. The number of aryl methyl sites for hydroxylation is 2. The standard InChI is InChI=1S/C22H20F5N7O2S/c1-4-33-10(3)12(7-29-33)11-6-14(22(25,26)27)30-21-16(11)17(18(37-21)20(28)36)31-15(35)8-34-13(19(23)24)5-9(2)32-34/h5-7,19H,4,8H2,1-3H3,(H2,28,36)(H,31,35). The number of nitrogens with one attached hydrogen (secondary N) is 1. The SMILES string of the molecule is CCn1ncc(-c2cc(C(F)(F)F)nc3sc(C(N)=O)c(NC(=O)Cn4nc(C)cc4C(F)F)c23)c1C. The minimum Gasteiger partial charge on any atom is -0.365 e. The quantitative estimate of drug-likeness (QED) is 0.329. The number of thiophene rings is 1. The number of hydrogen-bond acceptors (Lipinski definition) is 6. The van der Waals surface area contributed by atoms with Crippen LogP contribution in [0.4, 0.5) is 27.6 Å². The van der Waals surface area contributed by atoms with Gasteiger partial charge in [-0.25, -0.2) is 13.8 Å². The molecule has 4 heterocycles. The zero-order valence-electron chi connectivity index (χ0n) is 19.7. The molecule has 37 heavy (non-hydrogen) atoms. The molecule has 4 aromatic rings. The first-order valence-corrected chi connectivity index (χ1v) is 11.6. The Bertz CT molecular complexity index is 1520. The molecule has 0 unspecified atom stereocenters. The van der Waals surface area contributed by atoms with Crippen molar-refractivity contribution in [3.63, 3.8) is 0 Å². The topological polar surface area (TPSA) is 121 Å². The average Bonchev–Trinajstić information content (AvgIpc) is 3.47. The van der Waals surface area contributed by atoms with Crippen LogP contribution in [0, 0.1) is 13.8 Å². The van der Waals surface area contributed by atoms with Gasteiger partial charge in [0.25, 0.3) is 12.3 Å². The van der Waals surface area contributed by atoms with E-state index < -0.39 is 42.3 Å². The largest absolute Gasteiger partial charge is 0.433 e. The molecule has 9 nitrogen and oxygen atoms in total. The summed E-state index contributed by atoms with van der Waals surface area (Å²) in [6, 6.07) is 1.94. The number of nitrogens with two attached hydrogens (primary N) is 1. The van der Waals surface area contributed by atoms with E-state index in [1.54, 1.807) is 18.5 Å². The van der Waals surface area contributed by atoms with Crippen LogP contribution in [0.25, 0.3) is 21.3 Å². The summed E-state index contributed by atoms with van der Waals surface area (Å²) in [5.41, 5.74) is 4.77. The Balaban J connectivity index is 1.90. The minimum absolute atomic E-state index is 0.0248. The number of carbonyl (C=O) groups is 2. The molecule has 196 valence electrons. The molecule has 0 aliphatic carbocycles. The number of pyridine rings is 1. The lowest BCUT2D eigenvalue weighted by atomic mass is 10.0. The molecule has 0 spiro atoms. The molecule has 0 atom stereocenters. The van der Waals surface area contributed by atoms with Gasteiger partial charge in [0, 0.05) is 23.2 Å². The third-order valence-electron chi connectivity index (χ3n) is 5.58. The lowest BCUT2D eigenvalue weighted by Crippen LogP contribution is -2.22. The number of halogens is 5. The van der Waals surface area contributed by atoms with Crippen molar-refractivity contribution < 1.29 is 31.5 Å². The second kappa shape index (κ2) is 9.53. The lowest BCUT2D eigenvalue weighted by Gasteiger charge is -2.13. The lowest BCUT2D eigenvalue weighted by molar-refractivity contribution is -0.140. The molecule has 0 bridgehead atoms. The van der Waals surface area contributed by atoms with E-state index in [4.69, 9.17) is 5.73 Å². The highest BCUT2D eigenvalue weighted by molar-refractivity contribution is 7.21. The maximum absolute atomic E-state index is 13.7. The van der Waals surface area contributed by atoms with Gasteiger partial charge < -0.3 is 11.1 Å². The normalized spacial score (nSPS) is 12.0. The molecule has 0 aromatic carbocycles. The molecule has 0 aliphatic rings. The van der Waals surface area contributed by atoms with Crippen LogP contribution < -0.4 is 11.1 Å². The second-order valence-corrected chi connectivity index (χ2v) is 9.08. The average molecular weight is 542 g/mol. The number of alkyl halides is 5. The van der Waals surface area contributed by atoms with Crippen molar-refractivity contribution in [2.75, 3.05) is 5.32 Å². The van der Waals surface area contributed by atoms with Gasteiger partial charge in [0.2, 0.25) is 5.91 Å². The van der Waals surface area contributed by atoms with E-state index in [0.29, 0.717) is 29.1 Å². The molecular weight excluding hydrogens is 521 g/mol. The van der Waals surface area contributed by atoms with Gasteiger partial charge in [-0.2, -0.15) is 23.4 Å². The van der Waals surface area contributed by atoms with E-state index in [9.17, 15) is 31.5 Å². The van der Waals surface area contributed by atoms with Gasteiger partial charge in [-0.05, 0) is 38.5 Å². The highest BCUT2D eigenvalue weighted by atomic mass is 32.1. The number of fused-ring (bicyclic) bond motifs is 1. The smallest absolute Gasteiger partial charge is 0.365 e. The number of hydrogen-bond donors (Lipinski definition) is 2. The van der Waals surface area contributed by atoms with Gasteiger partial charge in [0.1, 0.15) is 27.6 Å². The molecule has 15 heteroatoms. The van der Waals surface area contributed by atoms with E-state index in [0.717, 1.165) is 16.8 Å². The van der Waals surface area contributed by atoms with Gasteiger partial charge in [-0.1, -0.05) is 0 Å². The Kier molecular flexibility index (Phi) is 6.75. The first-order chi connectivity index (χ1) is 17.3. The van der Waals surface area contributed by atoms with Crippen LogP contribution in [-0.2, 0) is 24.1 Å². The van der Waals surface area contributed by atoms with E-state index in [2.05, 4.69) is 20.5 Å². The Hall–Kier alpha value is -3.88. The summed E-state index contributed by atoms with van der Waals surface area (Å²) in [5.74, 6) is -1.86. The van der Waals surface area contributed by atoms with Crippen LogP contribution in [0.15, 0.2) is 18.3 Å². The fourth-order valence-electron chi connectivity index (χ4n) is 3.96. The van der Waals surface area contributed by atoms with Gasteiger partial charge >= 0.3 is 6.18 Å². The van der Waals surface area contributed by atoms with E-state index in [1.165, 1.54) is 13.1 Å². The van der Waals surface area contributed by atoms with Crippen molar-refractivity contribution >= 4 is 39.1 Å². The number of amides is 2. The van der Waals surface area contributed by atoms with Gasteiger partial charge in [0.05, 0.1) is 17.6 Å². The molecule has 0 saturated carbocycles. The first-order valence-electron chi connectivity index (χ1n) is 10.8. The van der Waals surface area contributed by atoms with Crippen molar-refractivity contribution in [2.45, 2.75) is 46.5 Å². The third kappa shape index (κ3) is 4.90. The van der Waals surface area contributed by atoms with Gasteiger partial charge in [-0.15, -0.1) is 11.3 Å². The molecule has 0 aliphatic heterocycles. The predicted octanol–water partition coefficient (Wildman–Crippen LogP) is 4.69. The van der Waals surface area contributed by atoms with Crippen molar-refractivity contribution in [1.82, 2.24) is 24.5 Å². The Labute approximate surface area is 210 Å². The summed E-state index contributed by atoms with van der Waals surface area (Å²) >= 11 is 0.580. The number of carbonyl (C=O) groups excluding carboxylic acids is 2. The van der Waals surface area contributed by atoms with E-state index in [-0.39, 0.29) is 32.0 Å². The molecule has 0 radical (unpaired) electrons. The molecule has 4 rings (SSSR count). The van der Waals surface area contributed by atoms with Crippen LogP contribution in [0.5, 0.6) is 0 Å².